The molecular formula is C28H28N4O3. The smallest absolute Gasteiger partial charge is 0.323 e. The molecule has 35 heavy (non-hydrogen) atoms. The number of methoxy groups -OCH3 is 1. The molecule has 3 aromatic carbocycles. The number of amides is 3. The van der Waals surface area contributed by atoms with Crippen LogP contribution in [0.25, 0.3) is 10.9 Å². The molecule has 1 saturated heterocycles. The van der Waals surface area contributed by atoms with Crippen LogP contribution in [-0.4, -0.2) is 42.0 Å². The number of rotatable bonds is 5. The second-order valence-corrected chi connectivity index (χ2v) is 8.74. The van der Waals surface area contributed by atoms with Crippen LogP contribution in [0.1, 0.15) is 34.7 Å². The molecule has 2 heterocycles. The van der Waals surface area contributed by atoms with Crippen LogP contribution in [0.15, 0.2) is 79.0 Å². The highest BCUT2D eigenvalue weighted by atomic mass is 16.5. The number of hydrogen-bond donors (Lipinski definition) is 3. The highest BCUT2D eigenvalue weighted by Gasteiger charge is 2.26. The molecule has 0 radical (unpaired) electrons. The van der Waals surface area contributed by atoms with Gasteiger partial charge in [-0.05, 0) is 78.9 Å². The Morgan fingerprint density at radius 1 is 0.914 bits per heavy atom. The monoisotopic (exact) mass is 468 g/mol. The van der Waals surface area contributed by atoms with Gasteiger partial charge in [0.15, 0.2) is 0 Å². The minimum Gasteiger partial charge on any atom is -0.497 e. The summed E-state index contributed by atoms with van der Waals surface area (Å²) in [6.45, 7) is 1.42. The van der Waals surface area contributed by atoms with Crippen molar-refractivity contribution in [2.45, 2.75) is 18.8 Å². The summed E-state index contributed by atoms with van der Waals surface area (Å²) in [7, 11) is 1.68. The van der Waals surface area contributed by atoms with Crippen LogP contribution in [0, 0.1) is 0 Å². The highest BCUT2D eigenvalue weighted by Crippen LogP contribution is 2.35. The zero-order valence-electron chi connectivity index (χ0n) is 19.6. The molecule has 1 aromatic heterocycles. The van der Waals surface area contributed by atoms with Crippen molar-refractivity contribution in [3.63, 3.8) is 0 Å². The van der Waals surface area contributed by atoms with Gasteiger partial charge in [0.25, 0.3) is 5.91 Å². The van der Waals surface area contributed by atoms with Gasteiger partial charge in [0.2, 0.25) is 0 Å². The van der Waals surface area contributed by atoms with E-state index in [4.69, 9.17) is 4.74 Å². The van der Waals surface area contributed by atoms with Gasteiger partial charge in [-0.2, -0.15) is 0 Å². The van der Waals surface area contributed by atoms with Crippen molar-refractivity contribution in [1.82, 2.24) is 9.88 Å². The molecule has 178 valence electrons. The quantitative estimate of drug-likeness (QED) is 0.344. The lowest BCUT2D eigenvalue weighted by atomic mass is 9.89. The largest absolute Gasteiger partial charge is 0.497 e. The summed E-state index contributed by atoms with van der Waals surface area (Å²) in [6, 6.07) is 22.0. The highest BCUT2D eigenvalue weighted by molar-refractivity contribution is 6.00. The van der Waals surface area contributed by atoms with Gasteiger partial charge in [-0.25, -0.2) is 4.79 Å². The van der Waals surface area contributed by atoms with Crippen LogP contribution >= 0.6 is 0 Å². The molecule has 1 fully saturated rings. The molecule has 0 unspecified atom stereocenters. The minimum absolute atomic E-state index is 0.0179. The zero-order chi connectivity index (χ0) is 24.2. The number of piperidine rings is 1. The van der Waals surface area contributed by atoms with Gasteiger partial charge in [0, 0.05) is 47.1 Å². The van der Waals surface area contributed by atoms with E-state index in [9.17, 15) is 9.59 Å². The first-order chi connectivity index (χ1) is 17.1. The number of nitrogens with one attached hydrogen (secondary N) is 3. The van der Waals surface area contributed by atoms with Crippen LogP contribution in [0.4, 0.5) is 16.2 Å². The average Bonchev–Trinajstić information content (AvgIpc) is 3.32. The van der Waals surface area contributed by atoms with E-state index in [1.807, 2.05) is 47.4 Å². The van der Waals surface area contributed by atoms with Crippen LogP contribution in [-0.2, 0) is 0 Å². The Bertz CT molecular complexity index is 1320. The zero-order valence-corrected chi connectivity index (χ0v) is 19.6. The van der Waals surface area contributed by atoms with Crippen molar-refractivity contribution >= 4 is 34.2 Å². The van der Waals surface area contributed by atoms with Crippen LogP contribution < -0.4 is 15.4 Å². The molecule has 7 nitrogen and oxygen atoms in total. The summed E-state index contributed by atoms with van der Waals surface area (Å²) in [5.74, 6) is 1.26. The fraction of sp³-hybridized carbons (Fsp3) is 0.214. The number of fused-ring (bicyclic) bond motifs is 1. The third kappa shape index (κ3) is 4.99. The number of aromatic amines is 1. The Morgan fingerprint density at radius 2 is 1.60 bits per heavy atom. The lowest BCUT2D eigenvalue weighted by Crippen LogP contribution is -2.37. The van der Waals surface area contributed by atoms with Crippen LogP contribution in [0.3, 0.4) is 0 Å². The van der Waals surface area contributed by atoms with E-state index < -0.39 is 0 Å². The fourth-order valence-corrected chi connectivity index (χ4v) is 4.67. The summed E-state index contributed by atoms with van der Waals surface area (Å²) >= 11 is 0. The Kier molecular flexibility index (Phi) is 6.39. The Balaban J connectivity index is 1.18. The van der Waals surface area contributed by atoms with E-state index in [1.165, 1.54) is 10.9 Å². The number of H-pyrrole nitrogens is 1. The molecule has 0 spiro atoms. The molecule has 3 amide bonds. The molecule has 0 aliphatic carbocycles. The number of ether oxygens (including phenoxy) is 1. The van der Waals surface area contributed by atoms with Crippen molar-refractivity contribution in [1.29, 1.82) is 0 Å². The number of carbonyl (C=O) groups excluding carboxylic acids is 2. The number of aromatic nitrogens is 1. The number of likely N-dealkylation sites (tertiary alicyclic amines) is 1. The van der Waals surface area contributed by atoms with E-state index in [2.05, 4.69) is 27.9 Å². The summed E-state index contributed by atoms with van der Waals surface area (Å²) in [4.78, 5) is 30.5. The van der Waals surface area contributed by atoms with Gasteiger partial charge in [-0.3, -0.25) is 4.79 Å². The van der Waals surface area contributed by atoms with E-state index in [0.717, 1.165) is 24.1 Å². The lowest BCUT2D eigenvalue weighted by Gasteiger charge is -2.32. The van der Waals surface area contributed by atoms with Gasteiger partial charge < -0.3 is 25.3 Å². The predicted octanol–water partition coefficient (Wildman–Crippen LogP) is 5.84. The van der Waals surface area contributed by atoms with Crippen LogP contribution in [0.2, 0.25) is 0 Å². The topological polar surface area (TPSA) is 86.5 Å². The Hall–Kier alpha value is -4.26. The van der Waals surface area contributed by atoms with Gasteiger partial charge in [-0.15, -0.1) is 0 Å². The lowest BCUT2D eigenvalue weighted by molar-refractivity contribution is 0.0713. The summed E-state index contributed by atoms with van der Waals surface area (Å²) in [5.41, 5.74) is 4.35. The third-order valence-electron chi connectivity index (χ3n) is 6.56. The summed E-state index contributed by atoms with van der Waals surface area (Å²) in [6.07, 6.45) is 3.91. The number of nitrogens with zero attached hydrogens (tertiary/aromatic N) is 1. The molecule has 0 saturated carbocycles. The molecule has 7 heteroatoms. The number of hydrogen-bond acceptors (Lipinski definition) is 3. The molecule has 1 aliphatic heterocycles. The molecule has 0 bridgehead atoms. The SMILES string of the molecule is COc1ccc2[nH]cc(C3CCN(C(=O)c4ccc(NC(=O)Nc5ccccc5)cc4)CC3)c2c1. The molecule has 3 N–H and O–H groups in total. The van der Waals surface area contributed by atoms with Crippen molar-refractivity contribution in [2.75, 3.05) is 30.8 Å². The molecule has 5 rings (SSSR count). The first kappa shape index (κ1) is 22.5. The second-order valence-electron chi connectivity index (χ2n) is 8.74. The van der Waals surface area contributed by atoms with E-state index in [1.54, 1.807) is 31.4 Å². The molecule has 4 aromatic rings. The maximum Gasteiger partial charge on any atom is 0.323 e. The first-order valence-electron chi connectivity index (χ1n) is 11.8. The Morgan fingerprint density at radius 3 is 2.29 bits per heavy atom. The van der Waals surface area contributed by atoms with Gasteiger partial charge in [-0.1, -0.05) is 18.2 Å². The number of anilines is 2. The van der Waals surface area contributed by atoms with Crippen molar-refractivity contribution in [2.24, 2.45) is 0 Å². The standard InChI is InChI=1S/C28H28N4O3/c1-35-23-11-12-26-24(17-23)25(18-29-26)19-13-15-32(16-14-19)27(33)20-7-9-22(10-8-20)31-28(34)30-21-5-3-2-4-6-21/h2-12,17-19,29H,13-16H2,1H3,(H2,30,31,34). The summed E-state index contributed by atoms with van der Waals surface area (Å²) < 4.78 is 5.39. The molecular weight excluding hydrogens is 440 g/mol. The average molecular weight is 469 g/mol. The van der Waals surface area contributed by atoms with E-state index in [-0.39, 0.29) is 11.9 Å². The predicted molar refractivity (Wildman–Crippen MR) is 138 cm³/mol. The number of benzene rings is 3. The fourth-order valence-electron chi connectivity index (χ4n) is 4.67. The van der Waals surface area contributed by atoms with E-state index in [0.29, 0.717) is 35.9 Å². The summed E-state index contributed by atoms with van der Waals surface area (Å²) in [5, 5.41) is 6.76. The van der Waals surface area contributed by atoms with Gasteiger partial charge >= 0.3 is 6.03 Å². The minimum atomic E-state index is -0.327. The van der Waals surface area contributed by atoms with Crippen molar-refractivity contribution in [3.05, 3.63) is 90.1 Å². The van der Waals surface area contributed by atoms with Gasteiger partial charge in [0.1, 0.15) is 5.75 Å². The van der Waals surface area contributed by atoms with Crippen LogP contribution in [0.5, 0.6) is 5.75 Å². The second kappa shape index (κ2) is 9.93. The normalized spacial score (nSPS) is 14.0. The maximum atomic E-state index is 13.1. The number of carbonyl (C=O) groups is 2. The van der Waals surface area contributed by atoms with E-state index >= 15 is 0 Å². The van der Waals surface area contributed by atoms with Crippen molar-refractivity contribution in [3.8, 4) is 5.75 Å². The molecule has 1 aliphatic rings. The number of para-hydroxylation sites is 1. The first-order valence-corrected chi connectivity index (χ1v) is 11.8. The van der Waals surface area contributed by atoms with Crippen molar-refractivity contribution < 1.29 is 14.3 Å². The van der Waals surface area contributed by atoms with Gasteiger partial charge in [0.05, 0.1) is 7.11 Å². The number of urea groups is 1. The third-order valence-corrected chi connectivity index (χ3v) is 6.56. The Labute approximate surface area is 204 Å². The maximum absolute atomic E-state index is 13.1. The molecule has 0 atom stereocenters.